The van der Waals surface area contributed by atoms with Crippen LogP contribution in [0.15, 0.2) is 36.8 Å². The monoisotopic (exact) mass is 308 g/mol. The Morgan fingerprint density at radius 2 is 2.04 bits per heavy atom. The molecule has 0 atom stereocenters. The number of hydrogen-bond acceptors (Lipinski definition) is 6. The van der Waals surface area contributed by atoms with Gasteiger partial charge in [-0.1, -0.05) is 5.92 Å². The number of anilines is 2. The molecule has 0 aliphatic heterocycles. The molecule has 0 aliphatic carbocycles. The smallest absolute Gasteiger partial charge is 0.137 e. The molecule has 114 valence electrons. The number of nitrogens with one attached hydrogen (secondary N) is 1. The fourth-order valence-corrected chi connectivity index (χ4v) is 2.06. The summed E-state index contributed by atoms with van der Waals surface area (Å²) in [4.78, 5) is 12.4. The van der Waals surface area contributed by atoms with E-state index in [1.807, 2.05) is 0 Å². The summed E-state index contributed by atoms with van der Waals surface area (Å²) in [5, 5.41) is 3.56. The third kappa shape index (κ3) is 2.99. The summed E-state index contributed by atoms with van der Waals surface area (Å²) in [7, 11) is 1.56. The molecule has 23 heavy (non-hydrogen) atoms. The predicted molar refractivity (Wildman–Crippen MR) is 90.3 cm³/mol. The Hall–Kier alpha value is -3.33. The van der Waals surface area contributed by atoms with Crippen LogP contribution in [0.1, 0.15) is 15.4 Å². The number of aromatic nitrogens is 3. The molecule has 3 heterocycles. The number of methoxy groups -OCH3 is 1. The lowest BCUT2D eigenvalue weighted by Crippen LogP contribution is -1.97. The van der Waals surface area contributed by atoms with Crippen molar-refractivity contribution in [3.05, 3.63) is 48.0 Å². The lowest BCUT2D eigenvalue weighted by molar-refractivity contribution is 0.413. The average Bonchev–Trinajstić information content (AvgIpc) is 2.60. The second-order valence-corrected chi connectivity index (χ2v) is 4.63. The number of nitrogens with zero attached hydrogens (tertiary/aromatic N) is 3. The lowest BCUT2D eigenvalue weighted by Gasteiger charge is -2.06. The normalized spacial score (nSPS) is 12.5. The van der Waals surface area contributed by atoms with E-state index >= 15 is 0 Å². The van der Waals surface area contributed by atoms with E-state index in [-0.39, 0.29) is 5.82 Å². The van der Waals surface area contributed by atoms with Gasteiger partial charge in [0, 0.05) is 34.3 Å². The van der Waals surface area contributed by atoms with E-state index in [4.69, 9.17) is 14.6 Å². The molecule has 0 amide bonds. The number of pyridine rings is 3. The largest absolute Gasteiger partial charge is 0.495 e. The molecule has 0 saturated heterocycles. The van der Waals surface area contributed by atoms with E-state index < -0.39 is 6.98 Å². The van der Waals surface area contributed by atoms with Gasteiger partial charge >= 0.3 is 0 Å². The Morgan fingerprint density at radius 3 is 2.78 bits per heavy atom. The third-order valence-electron chi connectivity index (χ3n) is 3.21. The number of fused-ring (bicyclic) bond motifs is 1. The predicted octanol–water partition coefficient (Wildman–Crippen LogP) is 2.06. The van der Waals surface area contributed by atoms with Gasteiger partial charge in [0.25, 0.3) is 0 Å². The van der Waals surface area contributed by atoms with Gasteiger partial charge in [-0.15, -0.1) is 0 Å². The van der Waals surface area contributed by atoms with Gasteiger partial charge in [-0.25, -0.2) is 15.0 Å². The molecule has 0 aromatic carbocycles. The first-order valence-corrected chi connectivity index (χ1v) is 6.70. The maximum Gasteiger partial charge on any atom is 0.137 e. The van der Waals surface area contributed by atoms with Crippen molar-refractivity contribution >= 4 is 22.4 Å². The molecule has 3 N–H and O–H groups in total. The molecule has 6 nitrogen and oxygen atoms in total. The van der Waals surface area contributed by atoms with Gasteiger partial charge in [0.2, 0.25) is 0 Å². The molecule has 0 bridgehead atoms. The Balaban J connectivity index is 2.05. The Bertz CT molecular complexity index is 1010. The molecular weight excluding hydrogens is 290 g/mol. The summed E-state index contributed by atoms with van der Waals surface area (Å²) in [5.74, 6) is 7.07. The Labute approximate surface area is 138 Å². The maximum atomic E-state index is 7.36. The van der Waals surface area contributed by atoms with Crippen molar-refractivity contribution in [1.82, 2.24) is 15.0 Å². The summed E-state index contributed by atoms with van der Waals surface area (Å²) in [6, 6.07) is 5.13. The topological polar surface area (TPSA) is 86.0 Å². The van der Waals surface area contributed by atoms with Crippen molar-refractivity contribution in [2.45, 2.75) is 0 Å². The summed E-state index contributed by atoms with van der Waals surface area (Å²) < 4.78 is 27.1. The van der Waals surface area contributed by atoms with Crippen molar-refractivity contribution in [1.29, 1.82) is 0 Å². The molecule has 0 spiro atoms. The first-order valence-electron chi connectivity index (χ1n) is 8.20. The SMILES string of the molecule is [2H]C([2H])([2H])Nc1ncc(C#Cc2ccc(OC)cn2)c2cc(N)ncc12. The number of rotatable bonds is 2. The zero-order valence-electron chi connectivity index (χ0n) is 15.3. The highest BCUT2D eigenvalue weighted by Crippen LogP contribution is 2.24. The second kappa shape index (κ2) is 6.20. The summed E-state index contributed by atoms with van der Waals surface area (Å²) in [6.07, 6.45) is 4.54. The van der Waals surface area contributed by atoms with Crippen LogP contribution in [-0.4, -0.2) is 29.0 Å². The van der Waals surface area contributed by atoms with Crippen LogP contribution < -0.4 is 15.8 Å². The fourth-order valence-electron chi connectivity index (χ4n) is 2.06. The lowest BCUT2D eigenvalue weighted by atomic mass is 10.1. The molecule has 0 saturated carbocycles. The first-order chi connectivity index (χ1) is 12.4. The minimum Gasteiger partial charge on any atom is -0.495 e. The molecule has 3 aromatic heterocycles. The van der Waals surface area contributed by atoms with Crippen molar-refractivity contribution in [2.24, 2.45) is 0 Å². The molecule has 0 radical (unpaired) electrons. The van der Waals surface area contributed by atoms with Gasteiger partial charge in [0.05, 0.1) is 18.9 Å². The van der Waals surface area contributed by atoms with Crippen LogP contribution in [0.4, 0.5) is 11.6 Å². The van der Waals surface area contributed by atoms with Crippen LogP contribution in [0, 0.1) is 11.8 Å². The minimum atomic E-state index is -2.37. The van der Waals surface area contributed by atoms with E-state index in [2.05, 4.69) is 32.1 Å². The quantitative estimate of drug-likeness (QED) is 0.705. The molecule has 0 fully saturated rings. The molecular formula is C17H15N5O. The molecule has 0 unspecified atom stereocenters. The van der Waals surface area contributed by atoms with E-state index in [0.29, 0.717) is 33.6 Å². The first kappa shape index (κ1) is 11.3. The fraction of sp³-hybridized carbons (Fsp3) is 0.118. The summed E-state index contributed by atoms with van der Waals surface area (Å²) in [5.41, 5.74) is 6.92. The molecule has 3 aromatic rings. The van der Waals surface area contributed by atoms with Gasteiger partial charge in [-0.2, -0.15) is 0 Å². The van der Waals surface area contributed by atoms with Gasteiger partial charge in [-0.05, 0) is 24.1 Å². The van der Waals surface area contributed by atoms with Crippen molar-refractivity contribution in [2.75, 3.05) is 25.1 Å². The molecule has 3 rings (SSSR count). The van der Waals surface area contributed by atoms with Crippen LogP contribution in [0.5, 0.6) is 5.75 Å². The Kier molecular flexibility index (Phi) is 3.04. The van der Waals surface area contributed by atoms with E-state index in [1.54, 1.807) is 31.5 Å². The zero-order chi connectivity index (χ0) is 18.7. The number of nitrogen functional groups attached to an aromatic ring is 1. The van der Waals surface area contributed by atoms with Crippen LogP contribution >= 0.6 is 0 Å². The summed E-state index contributed by atoms with van der Waals surface area (Å²) in [6.45, 7) is -2.37. The number of ether oxygens (including phenoxy) is 1. The highest BCUT2D eigenvalue weighted by Gasteiger charge is 2.06. The van der Waals surface area contributed by atoms with Crippen molar-refractivity contribution in [3.63, 3.8) is 0 Å². The summed E-state index contributed by atoms with van der Waals surface area (Å²) >= 11 is 0. The molecule has 6 heteroatoms. The van der Waals surface area contributed by atoms with Crippen molar-refractivity contribution < 1.29 is 8.85 Å². The van der Waals surface area contributed by atoms with Crippen LogP contribution in [0.25, 0.3) is 10.8 Å². The van der Waals surface area contributed by atoms with Crippen LogP contribution in [0.2, 0.25) is 0 Å². The van der Waals surface area contributed by atoms with Gasteiger partial charge in [0.1, 0.15) is 23.1 Å². The second-order valence-electron chi connectivity index (χ2n) is 4.63. The van der Waals surface area contributed by atoms with Crippen LogP contribution in [-0.2, 0) is 0 Å². The average molecular weight is 308 g/mol. The highest BCUT2D eigenvalue weighted by molar-refractivity contribution is 5.96. The number of hydrogen-bond donors (Lipinski definition) is 2. The minimum absolute atomic E-state index is 0.195. The van der Waals surface area contributed by atoms with Gasteiger partial charge in [-0.3, -0.25) is 0 Å². The third-order valence-corrected chi connectivity index (χ3v) is 3.21. The highest BCUT2D eigenvalue weighted by atomic mass is 16.5. The molecule has 0 aliphatic rings. The van der Waals surface area contributed by atoms with Crippen LogP contribution in [0.3, 0.4) is 0 Å². The van der Waals surface area contributed by atoms with Gasteiger partial charge < -0.3 is 15.8 Å². The maximum absolute atomic E-state index is 7.36. The van der Waals surface area contributed by atoms with E-state index in [0.717, 1.165) is 0 Å². The van der Waals surface area contributed by atoms with Crippen molar-refractivity contribution in [3.8, 4) is 17.6 Å². The van der Waals surface area contributed by atoms with Gasteiger partial charge in [0.15, 0.2) is 0 Å². The standard InChI is InChI=1S/C17H15N5O/c1-19-17-15-10-21-16(18)7-14(15)11(8-22-17)3-4-12-5-6-13(23-2)9-20-12/h5-10H,1-2H3,(H2,18,21)(H,19,22)/i1D3. The zero-order valence-corrected chi connectivity index (χ0v) is 12.3. The Morgan fingerprint density at radius 1 is 1.13 bits per heavy atom. The number of nitrogens with two attached hydrogens (primary N) is 1. The van der Waals surface area contributed by atoms with E-state index in [1.165, 1.54) is 12.4 Å². The van der Waals surface area contributed by atoms with E-state index in [9.17, 15) is 0 Å².